The van der Waals surface area contributed by atoms with Crippen molar-refractivity contribution >= 4 is 74.6 Å². The summed E-state index contributed by atoms with van der Waals surface area (Å²) >= 11 is 14.5. The minimum atomic E-state index is -0.293. The average molecular weight is 672 g/mol. The quantitative estimate of drug-likeness (QED) is 0.153. The second kappa shape index (κ2) is 13.8. The van der Waals surface area contributed by atoms with Gasteiger partial charge in [0.05, 0.1) is 35.6 Å². The van der Waals surface area contributed by atoms with E-state index in [4.69, 9.17) is 28.3 Å². The van der Waals surface area contributed by atoms with Crippen molar-refractivity contribution in [1.82, 2.24) is 39.5 Å². The fraction of sp³-hybridized carbons (Fsp3) is 0.179. The van der Waals surface area contributed by atoms with Crippen LogP contribution in [0.25, 0.3) is 33.4 Å². The maximum Gasteiger partial charge on any atom is 0.262 e. The summed E-state index contributed by atoms with van der Waals surface area (Å²) in [7, 11) is 0. The Morgan fingerprint density at radius 2 is 1.39 bits per heavy atom. The number of nitrogens with zero attached hydrogens (tertiary/aromatic N) is 6. The first-order chi connectivity index (χ1) is 21.1. The van der Waals surface area contributed by atoms with Gasteiger partial charge in [-0.15, -0.1) is 0 Å². The van der Waals surface area contributed by atoms with Gasteiger partial charge < -0.3 is 15.1 Å². The number of carbonyl (C=O) groups is 1. The summed E-state index contributed by atoms with van der Waals surface area (Å²) in [6.07, 6.45) is 2.94. The molecule has 4 heterocycles. The summed E-state index contributed by atoms with van der Waals surface area (Å²) in [6, 6.07) is 14.3. The largest absolute Gasteiger partial charge is 0.396 e. The van der Waals surface area contributed by atoms with Gasteiger partial charge in [-0.3, -0.25) is 14.4 Å². The van der Waals surface area contributed by atoms with Crippen molar-refractivity contribution in [2.24, 2.45) is 0 Å². The van der Waals surface area contributed by atoms with Gasteiger partial charge in [-0.05, 0) is 50.2 Å². The summed E-state index contributed by atoms with van der Waals surface area (Å²) < 4.78 is 3.12. The number of aromatic nitrogens is 8. The number of nitrogens with one attached hydrogen (secondary N) is 2. The molecule has 12 nitrogen and oxygen atoms in total. The number of ketones is 1. The predicted molar refractivity (Wildman–Crippen MR) is 173 cm³/mol. The molecule has 6 aromatic rings. The predicted octanol–water partition coefficient (Wildman–Crippen LogP) is 4.68. The molecule has 226 valence electrons. The highest BCUT2D eigenvalue weighted by Crippen LogP contribution is 2.23. The molecule has 44 heavy (non-hydrogen) atoms. The molecule has 1 atom stereocenters. The SMILES string of the molecule is CC(=O)C(C)Sc1nc2c(cnn2-c2cccc(Cl)c2)c(=O)[nH]1.O=c1[nH]c(SCCO)nc2c1cnn2-c1cccc(Cl)c1. The molecule has 1 unspecified atom stereocenters. The molecule has 2 aromatic carbocycles. The van der Waals surface area contributed by atoms with Gasteiger partial charge >= 0.3 is 0 Å². The van der Waals surface area contributed by atoms with Crippen molar-refractivity contribution < 1.29 is 9.90 Å². The van der Waals surface area contributed by atoms with Gasteiger partial charge in [-0.1, -0.05) is 58.9 Å². The van der Waals surface area contributed by atoms with Crippen LogP contribution in [0, 0.1) is 0 Å². The minimum absolute atomic E-state index is 0.0139. The summed E-state index contributed by atoms with van der Waals surface area (Å²) in [5.74, 6) is 0.473. The monoisotopic (exact) mass is 670 g/mol. The summed E-state index contributed by atoms with van der Waals surface area (Å²) in [5.41, 5.74) is 1.78. The van der Waals surface area contributed by atoms with E-state index in [1.54, 1.807) is 52.7 Å². The minimum Gasteiger partial charge on any atom is -0.396 e. The number of H-pyrrole nitrogens is 2. The summed E-state index contributed by atoms with van der Waals surface area (Å²) in [4.78, 5) is 49.8. The van der Waals surface area contributed by atoms with E-state index in [2.05, 4.69) is 30.1 Å². The number of hydrogen-bond donors (Lipinski definition) is 3. The third-order valence-corrected chi connectivity index (χ3v) is 8.56. The van der Waals surface area contributed by atoms with Crippen molar-refractivity contribution in [1.29, 1.82) is 0 Å². The molecule has 0 saturated carbocycles. The highest BCUT2D eigenvalue weighted by Gasteiger charge is 2.16. The van der Waals surface area contributed by atoms with Crippen LogP contribution < -0.4 is 11.1 Å². The van der Waals surface area contributed by atoms with E-state index in [0.29, 0.717) is 53.9 Å². The molecule has 16 heteroatoms. The fourth-order valence-corrected chi connectivity index (χ4v) is 5.67. The number of hydrogen-bond acceptors (Lipinski definition) is 10. The molecular weight excluding hydrogens is 647 g/mol. The molecule has 0 amide bonds. The first-order valence-corrected chi connectivity index (χ1v) is 15.7. The van der Waals surface area contributed by atoms with Crippen LogP contribution in [0.5, 0.6) is 0 Å². The van der Waals surface area contributed by atoms with Gasteiger partial charge in [0, 0.05) is 15.8 Å². The molecule has 0 radical (unpaired) electrons. The first-order valence-electron chi connectivity index (χ1n) is 13.0. The second-order valence-electron chi connectivity index (χ2n) is 9.23. The maximum atomic E-state index is 12.2. The number of aliphatic hydroxyl groups excluding tert-OH is 1. The third-order valence-electron chi connectivity index (χ3n) is 6.13. The molecule has 0 aliphatic carbocycles. The lowest BCUT2D eigenvalue weighted by Gasteiger charge is -2.07. The number of halogens is 2. The molecule has 0 aliphatic heterocycles. The Hall–Kier alpha value is -3.95. The second-order valence-corrected chi connectivity index (χ2v) is 12.5. The Balaban J connectivity index is 0.000000175. The van der Waals surface area contributed by atoms with Gasteiger partial charge in [0.15, 0.2) is 21.6 Å². The number of rotatable bonds is 8. The number of Topliss-reactive ketones (excluding diaryl/α,β-unsaturated/α-hetero) is 1. The van der Waals surface area contributed by atoms with Crippen LogP contribution in [0.2, 0.25) is 10.0 Å². The van der Waals surface area contributed by atoms with Crippen molar-refractivity contribution in [2.45, 2.75) is 29.4 Å². The lowest BCUT2D eigenvalue weighted by Crippen LogP contribution is -2.13. The average Bonchev–Trinajstić information content (AvgIpc) is 3.62. The first kappa shape index (κ1) is 31.5. The van der Waals surface area contributed by atoms with Crippen LogP contribution >= 0.6 is 46.7 Å². The van der Waals surface area contributed by atoms with E-state index in [0.717, 1.165) is 5.69 Å². The van der Waals surface area contributed by atoms with Crippen molar-refractivity contribution in [2.75, 3.05) is 12.4 Å². The van der Waals surface area contributed by atoms with E-state index < -0.39 is 0 Å². The zero-order valence-corrected chi connectivity index (χ0v) is 26.3. The van der Waals surface area contributed by atoms with E-state index in [1.807, 2.05) is 12.1 Å². The van der Waals surface area contributed by atoms with Gasteiger partial charge in [0.2, 0.25) is 0 Å². The van der Waals surface area contributed by atoms with Crippen molar-refractivity contribution in [3.63, 3.8) is 0 Å². The maximum absolute atomic E-state index is 12.2. The Morgan fingerprint density at radius 1 is 0.886 bits per heavy atom. The van der Waals surface area contributed by atoms with Crippen LogP contribution in [0.1, 0.15) is 13.8 Å². The Bertz CT molecular complexity index is 2090. The standard InChI is InChI=1S/C15H13ClN4O2S.C13H11ClN4O2S/c1-8(21)9(2)23-15-18-13-12(14(22)19-15)7-17-20(13)11-5-3-4-10(16)6-11;14-8-2-1-3-9(6-8)18-11-10(7-15-18)12(20)17-13(16-11)21-5-4-19/h3-7,9H,1-2H3,(H,18,19,22);1-3,6-7,19H,4-5H2,(H,16,17,20). The summed E-state index contributed by atoms with van der Waals surface area (Å²) in [6.45, 7) is 3.29. The molecular formula is C28H24Cl2N8O4S2. The zero-order valence-electron chi connectivity index (χ0n) is 23.2. The Kier molecular flexibility index (Phi) is 9.86. The number of thioether (sulfide) groups is 2. The van der Waals surface area contributed by atoms with Crippen molar-refractivity contribution in [3.05, 3.63) is 91.7 Å². The number of aliphatic hydroxyl groups is 1. The van der Waals surface area contributed by atoms with Gasteiger partial charge in [0.25, 0.3) is 11.1 Å². The molecule has 4 aromatic heterocycles. The summed E-state index contributed by atoms with van der Waals surface area (Å²) in [5, 5.41) is 19.8. The van der Waals surface area contributed by atoms with Crippen LogP contribution in [0.4, 0.5) is 0 Å². The number of carbonyl (C=O) groups excluding carboxylic acids is 1. The molecule has 0 spiro atoms. The number of aromatic amines is 2. The molecule has 0 fully saturated rings. The highest BCUT2D eigenvalue weighted by molar-refractivity contribution is 8.00. The molecule has 6 rings (SSSR count). The van der Waals surface area contributed by atoms with Gasteiger partial charge in [-0.25, -0.2) is 19.3 Å². The van der Waals surface area contributed by atoms with Gasteiger partial charge in [-0.2, -0.15) is 10.2 Å². The number of benzene rings is 2. The van der Waals surface area contributed by atoms with E-state index in [-0.39, 0.29) is 28.8 Å². The smallest absolute Gasteiger partial charge is 0.262 e. The van der Waals surface area contributed by atoms with Crippen LogP contribution in [-0.2, 0) is 4.79 Å². The highest BCUT2D eigenvalue weighted by atomic mass is 35.5. The normalized spacial score (nSPS) is 11.8. The zero-order chi connectivity index (χ0) is 31.4. The van der Waals surface area contributed by atoms with Crippen LogP contribution in [-0.4, -0.2) is 68.0 Å². The van der Waals surface area contributed by atoms with E-state index in [1.165, 1.54) is 42.8 Å². The number of fused-ring (bicyclic) bond motifs is 2. The molecule has 3 N–H and O–H groups in total. The lowest BCUT2D eigenvalue weighted by atomic mass is 10.3. The fourth-order valence-electron chi connectivity index (χ4n) is 3.91. The Labute approximate surface area is 267 Å². The van der Waals surface area contributed by atoms with Crippen LogP contribution in [0.15, 0.2) is 80.8 Å². The molecule has 0 bridgehead atoms. The molecule has 0 saturated heterocycles. The van der Waals surface area contributed by atoms with E-state index in [9.17, 15) is 14.4 Å². The topological polar surface area (TPSA) is 164 Å². The third kappa shape index (κ3) is 7.05. The molecule has 0 aliphatic rings. The van der Waals surface area contributed by atoms with Crippen LogP contribution in [0.3, 0.4) is 0 Å². The lowest BCUT2D eigenvalue weighted by molar-refractivity contribution is -0.116. The van der Waals surface area contributed by atoms with Gasteiger partial charge in [0.1, 0.15) is 16.6 Å². The Morgan fingerprint density at radius 3 is 1.86 bits per heavy atom. The van der Waals surface area contributed by atoms with Crippen molar-refractivity contribution in [3.8, 4) is 11.4 Å². The van der Waals surface area contributed by atoms with E-state index >= 15 is 0 Å².